The number of aromatic nitrogens is 1. The number of pyridine rings is 1. The Labute approximate surface area is 169 Å². The van der Waals surface area contributed by atoms with E-state index in [1.165, 1.54) is 24.3 Å². The highest BCUT2D eigenvalue weighted by atomic mass is 19.4. The Hall–Kier alpha value is -4.06. The second-order valence-electron chi connectivity index (χ2n) is 6.35. The fraction of sp³-hybridized carbons (Fsp3) is 0.0952. The average Bonchev–Trinajstić information content (AvgIpc) is 2.72. The summed E-state index contributed by atoms with van der Waals surface area (Å²) in [6, 6.07) is 15.3. The van der Waals surface area contributed by atoms with Crippen LogP contribution in [0.4, 0.5) is 18.9 Å². The topological polar surface area (TPSA) is 86.9 Å². The number of benzene rings is 2. The first-order valence-corrected chi connectivity index (χ1v) is 8.67. The molecule has 2 N–H and O–H groups in total. The molecule has 6 nitrogen and oxygen atoms in total. The van der Waals surface area contributed by atoms with Crippen LogP contribution in [0.1, 0.15) is 27.2 Å². The molecule has 152 valence electrons. The molecule has 0 aliphatic rings. The van der Waals surface area contributed by atoms with Crippen LogP contribution in [0.15, 0.2) is 65.5 Å². The molecule has 1 aromatic heterocycles. The maximum atomic E-state index is 13.0. The Morgan fingerprint density at radius 1 is 1.07 bits per heavy atom. The van der Waals surface area contributed by atoms with Crippen LogP contribution >= 0.6 is 0 Å². The van der Waals surface area contributed by atoms with E-state index in [0.29, 0.717) is 16.9 Å². The van der Waals surface area contributed by atoms with E-state index < -0.39 is 23.2 Å². The molecule has 0 aliphatic heterocycles. The minimum Gasteiger partial charge on any atom is -0.298 e. The lowest BCUT2D eigenvalue weighted by Crippen LogP contribution is -2.36. The van der Waals surface area contributed by atoms with E-state index in [2.05, 4.69) is 10.9 Å². The minimum atomic E-state index is -4.56. The zero-order valence-electron chi connectivity index (χ0n) is 15.6. The normalized spacial score (nSPS) is 10.9. The van der Waals surface area contributed by atoms with Crippen molar-refractivity contribution in [3.63, 3.8) is 0 Å². The molecular weight excluding hydrogens is 397 g/mol. The van der Waals surface area contributed by atoms with E-state index in [1.54, 1.807) is 31.2 Å². The van der Waals surface area contributed by atoms with Gasteiger partial charge in [0.05, 0.1) is 22.9 Å². The molecule has 0 saturated carbocycles. The Morgan fingerprint density at radius 2 is 1.77 bits per heavy atom. The molecule has 0 aliphatic carbocycles. The molecule has 1 amide bonds. The first-order valence-electron chi connectivity index (χ1n) is 8.67. The molecule has 9 heteroatoms. The number of aryl methyl sites for hydroxylation is 1. The number of halogens is 3. The molecule has 0 atom stereocenters. The fourth-order valence-corrected chi connectivity index (χ4v) is 2.77. The fourth-order valence-electron chi connectivity index (χ4n) is 2.77. The quantitative estimate of drug-likeness (QED) is 0.639. The standard InChI is InChI=1S/C21H15F3N4O2/c1-13-5-10-18(19(29)27-26-16-8-6-14(12-25)7-9-16)20(30)28(13)17-4-2-3-15(11-17)21(22,23)24/h2-11,26H,1H3,(H,27,29). The van der Waals surface area contributed by atoms with Crippen molar-refractivity contribution in [2.24, 2.45) is 0 Å². The summed E-state index contributed by atoms with van der Waals surface area (Å²) < 4.78 is 40.1. The van der Waals surface area contributed by atoms with Crippen LogP contribution in [0.25, 0.3) is 5.69 Å². The summed E-state index contributed by atoms with van der Waals surface area (Å²) in [5.74, 6) is -0.759. The molecule has 3 rings (SSSR count). The van der Waals surface area contributed by atoms with Crippen molar-refractivity contribution >= 4 is 11.6 Å². The zero-order chi connectivity index (χ0) is 21.9. The van der Waals surface area contributed by atoms with Crippen molar-refractivity contribution in [3.8, 4) is 11.8 Å². The monoisotopic (exact) mass is 412 g/mol. The second-order valence-corrected chi connectivity index (χ2v) is 6.35. The van der Waals surface area contributed by atoms with Gasteiger partial charge in [0.2, 0.25) is 0 Å². The third kappa shape index (κ3) is 4.33. The van der Waals surface area contributed by atoms with E-state index in [1.807, 2.05) is 6.07 Å². The van der Waals surface area contributed by atoms with Crippen LogP contribution in [0, 0.1) is 18.3 Å². The largest absolute Gasteiger partial charge is 0.416 e. The summed E-state index contributed by atoms with van der Waals surface area (Å²) in [5.41, 5.74) is 4.37. The number of hydrogen-bond acceptors (Lipinski definition) is 4. The molecule has 0 spiro atoms. The summed E-state index contributed by atoms with van der Waals surface area (Å²) in [5, 5.41) is 8.79. The van der Waals surface area contributed by atoms with E-state index in [0.717, 1.165) is 16.7 Å². The number of nitriles is 1. The highest BCUT2D eigenvalue weighted by Gasteiger charge is 2.30. The van der Waals surface area contributed by atoms with Gasteiger partial charge in [0.1, 0.15) is 5.56 Å². The van der Waals surface area contributed by atoms with E-state index >= 15 is 0 Å². The molecule has 3 aromatic rings. The second kappa shape index (κ2) is 8.13. The number of carbonyl (C=O) groups excluding carboxylic acids is 1. The van der Waals surface area contributed by atoms with Gasteiger partial charge in [-0.2, -0.15) is 18.4 Å². The Balaban J connectivity index is 1.90. The number of anilines is 1. The molecule has 0 bridgehead atoms. The molecular formula is C21H15F3N4O2. The minimum absolute atomic E-state index is 0.00188. The average molecular weight is 412 g/mol. The predicted octanol–water partition coefficient (Wildman–Crippen LogP) is 3.79. The van der Waals surface area contributed by atoms with Gasteiger partial charge in [0.15, 0.2) is 0 Å². The van der Waals surface area contributed by atoms with E-state index in [-0.39, 0.29) is 11.3 Å². The smallest absolute Gasteiger partial charge is 0.298 e. The summed E-state index contributed by atoms with van der Waals surface area (Å²) >= 11 is 0. The van der Waals surface area contributed by atoms with Crippen LogP contribution in [-0.2, 0) is 6.18 Å². The molecule has 0 fully saturated rings. The van der Waals surface area contributed by atoms with Crippen molar-refractivity contribution in [2.75, 3.05) is 5.43 Å². The van der Waals surface area contributed by atoms with Crippen molar-refractivity contribution < 1.29 is 18.0 Å². The third-order valence-corrected chi connectivity index (χ3v) is 4.29. The van der Waals surface area contributed by atoms with Crippen LogP contribution < -0.4 is 16.4 Å². The summed E-state index contributed by atoms with van der Waals surface area (Å²) in [6.45, 7) is 1.55. The van der Waals surface area contributed by atoms with Crippen molar-refractivity contribution in [3.05, 3.63) is 93.4 Å². The van der Waals surface area contributed by atoms with Crippen molar-refractivity contribution in [1.29, 1.82) is 5.26 Å². The van der Waals surface area contributed by atoms with Crippen LogP contribution in [0.2, 0.25) is 0 Å². The maximum absolute atomic E-state index is 13.0. The molecule has 2 aromatic carbocycles. The number of hydrogen-bond donors (Lipinski definition) is 2. The highest BCUT2D eigenvalue weighted by Crippen LogP contribution is 2.30. The number of amides is 1. The number of rotatable bonds is 4. The van der Waals surface area contributed by atoms with Gasteiger partial charge >= 0.3 is 6.18 Å². The van der Waals surface area contributed by atoms with Crippen molar-refractivity contribution in [1.82, 2.24) is 9.99 Å². The number of hydrazine groups is 1. The highest BCUT2D eigenvalue weighted by molar-refractivity contribution is 5.94. The molecule has 0 unspecified atom stereocenters. The maximum Gasteiger partial charge on any atom is 0.416 e. The van der Waals surface area contributed by atoms with Crippen LogP contribution in [0.3, 0.4) is 0 Å². The van der Waals surface area contributed by atoms with E-state index in [9.17, 15) is 22.8 Å². The molecule has 1 heterocycles. The number of alkyl halides is 3. The summed E-state index contributed by atoms with van der Waals surface area (Å²) in [4.78, 5) is 25.3. The first kappa shape index (κ1) is 20.7. The van der Waals surface area contributed by atoms with Gasteiger partial charge in [0, 0.05) is 11.4 Å². The van der Waals surface area contributed by atoms with Gasteiger partial charge in [-0.1, -0.05) is 6.07 Å². The summed E-state index contributed by atoms with van der Waals surface area (Å²) in [6.07, 6.45) is -4.56. The lowest BCUT2D eigenvalue weighted by atomic mass is 10.1. The van der Waals surface area contributed by atoms with Crippen molar-refractivity contribution in [2.45, 2.75) is 13.1 Å². The van der Waals surface area contributed by atoms with Gasteiger partial charge in [-0.3, -0.25) is 25.0 Å². The zero-order valence-corrected chi connectivity index (χ0v) is 15.6. The summed E-state index contributed by atoms with van der Waals surface area (Å²) in [7, 11) is 0. The van der Waals surface area contributed by atoms with Gasteiger partial charge in [-0.25, -0.2) is 0 Å². The van der Waals surface area contributed by atoms with Gasteiger partial charge < -0.3 is 0 Å². The molecule has 0 saturated heterocycles. The Morgan fingerprint density at radius 3 is 2.40 bits per heavy atom. The predicted molar refractivity (Wildman–Crippen MR) is 104 cm³/mol. The van der Waals surface area contributed by atoms with E-state index in [4.69, 9.17) is 5.26 Å². The number of nitrogens with one attached hydrogen (secondary N) is 2. The SMILES string of the molecule is Cc1ccc(C(=O)NNc2ccc(C#N)cc2)c(=O)n1-c1cccc(C(F)(F)F)c1. The molecule has 0 radical (unpaired) electrons. The number of nitrogens with zero attached hydrogens (tertiary/aromatic N) is 2. The van der Waals surface area contributed by atoms with Gasteiger partial charge in [0.25, 0.3) is 11.5 Å². The van der Waals surface area contributed by atoms with Gasteiger partial charge in [-0.15, -0.1) is 0 Å². The number of carbonyl (C=O) groups is 1. The van der Waals surface area contributed by atoms with Gasteiger partial charge in [-0.05, 0) is 61.5 Å². The lowest BCUT2D eigenvalue weighted by Gasteiger charge is -2.14. The van der Waals surface area contributed by atoms with Crippen LogP contribution in [-0.4, -0.2) is 10.5 Å². The first-order chi connectivity index (χ1) is 14.2. The lowest BCUT2D eigenvalue weighted by molar-refractivity contribution is -0.137. The third-order valence-electron chi connectivity index (χ3n) is 4.29. The molecule has 30 heavy (non-hydrogen) atoms. The Bertz CT molecular complexity index is 1190. The van der Waals surface area contributed by atoms with Crippen LogP contribution in [0.5, 0.6) is 0 Å². The Kier molecular flexibility index (Phi) is 5.60.